The number of nitrogens with zero attached hydrogens (tertiary/aromatic N) is 1. The molecule has 1 saturated heterocycles. The highest BCUT2D eigenvalue weighted by atomic mass is 19.1. The molecule has 1 aromatic carbocycles. The van der Waals surface area contributed by atoms with Gasteiger partial charge in [0.05, 0.1) is 12.7 Å². The van der Waals surface area contributed by atoms with E-state index < -0.39 is 17.7 Å². The first kappa shape index (κ1) is 15.3. The molecule has 1 N–H and O–H groups in total. The Morgan fingerprint density at radius 3 is 2.86 bits per heavy atom. The Morgan fingerprint density at radius 1 is 1.48 bits per heavy atom. The standard InChI is InChI=1S/C15H18FNO4/c1-21-11-4-5-12(13(16)8-11)15(20)17-6-2-3-10(9-17)7-14(18)19/h4-5,8,10H,2-3,6-7,9H2,1H3,(H,18,19). The average molecular weight is 295 g/mol. The smallest absolute Gasteiger partial charge is 0.303 e. The van der Waals surface area contributed by atoms with Crippen LogP contribution in [0, 0.1) is 11.7 Å². The van der Waals surface area contributed by atoms with E-state index in [1.165, 1.54) is 30.2 Å². The number of carboxylic acids is 1. The van der Waals surface area contributed by atoms with E-state index in [0.717, 1.165) is 12.8 Å². The van der Waals surface area contributed by atoms with Gasteiger partial charge in [0, 0.05) is 25.6 Å². The number of methoxy groups -OCH3 is 1. The van der Waals surface area contributed by atoms with Gasteiger partial charge in [0.25, 0.3) is 5.91 Å². The lowest BCUT2D eigenvalue weighted by Gasteiger charge is -2.32. The summed E-state index contributed by atoms with van der Waals surface area (Å²) in [6.07, 6.45) is 1.55. The van der Waals surface area contributed by atoms with Crippen LogP contribution in [0.5, 0.6) is 5.75 Å². The molecule has 6 heteroatoms. The van der Waals surface area contributed by atoms with Crippen LogP contribution in [-0.2, 0) is 4.79 Å². The number of carboxylic acid groups (broad SMARTS) is 1. The van der Waals surface area contributed by atoms with Gasteiger partial charge in [0.2, 0.25) is 0 Å². The molecular weight excluding hydrogens is 277 g/mol. The first-order valence-electron chi connectivity index (χ1n) is 6.86. The molecule has 5 nitrogen and oxygen atoms in total. The van der Waals surface area contributed by atoms with Crippen LogP contribution in [0.15, 0.2) is 18.2 Å². The summed E-state index contributed by atoms with van der Waals surface area (Å²) in [4.78, 5) is 24.6. The highest BCUT2D eigenvalue weighted by molar-refractivity contribution is 5.94. The van der Waals surface area contributed by atoms with E-state index >= 15 is 0 Å². The Hall–Kier alpha value is -2.11. The Kier molecular flexibility index (Phi) is 4.77. The topological polar surface area (TPSA) is 66.8 Å². The molecule has 1 fully saturated rings. The average Bonchev–Trinajstić information content (AvgIpc) is 2.46. The number of ether oxygens (including phenoxy) is 1. The number of aliphatic carboxylic acids is 1. The molecule has 0 aliphatic carbocycles. The molecule has 0 radical (unpaired) electrons. The highest BCUT2D eigenvalue weighted by Crippen LogP contribution is 2.23. The SMILES string of the molecule is COc1ccc(C(=O)N2CCCC(CC(=O)O)C2)c(F)c1. The van der Waals surface area contributed by atoms with Gasteiger partial charge in [-0.3, -0.25) is 9.59 Å². The predicted octanol–water partition coefficient (Wildman–Crippen LogP) is 2.16. The predicted molar refractivity (Wildman–Crippen MR) is 73.8 cm³/mol. The van der Waals surface area contributed by atoms with Crippen molar-refractivity contribution in [2.45, 2.75) is 19.3 Å². The fraction of sp³-hybridized carbons (Fsp3) is 0.467. The van der Waals surface area contributed by atoms with Crippen LogP contribution >= 0.6 is 0 Å². The maximum atomic E-state index is 13.9. The monoisotopic (exact) mass is 295 g/mol. The van der Waals surface area contributed by atoms with E-state index in [-0.39, 0.29) is 17.9 Å². The number of likely N-dealkylation sites (tertiary alicyclic amines) is 1. The molecule has 1 aliphatic heterocycles. The number of halogens is 1. The van der Waals surface area contributed by atoms with Crippen LogP contribution in [0.25, 0.3) is 0 Å². The van der Waals surface area contributed by atoms with Crippen molar-refractivity contribution in [2.24, 2.45) is 5.92 Å². The van der Waals surface area contributed by atoms with E-state index in [1.807, 2.05) is 0 Å². The van der Waals surface area contributed by atoms with E-state index in [1.54, 1.807) is 0 Å². The van der Waals surface area contributed by atoms with Gasteiger partial charge in [-0.1, -0.05) is 0 Å². The summed E-state index contributed by atoms with van der Waals surface area (Å²) in [5, 5.41) is 8.83. The van der Waals surface area contributed by atoms with E-state index in [0.29, 0.717) is 18.8 Å². The first-order chi connectivity index (χ1) is 10.0. The normalized spacial score (nSPS) is 18.4. The van der Waals surface area contributed by atoms with Gasteiger partial charge in [0.1, 0.15) is 11.6 Å². The molecule has 0 spiro atoms. The summed E-state index contributed by atoms with van der Waals surface area (Å²) in [5.74, 6) is -1.61. The minimum atomic E-state index is -0.870. The molecule has 1 unspecified atom stereocenters. The van der Waals surface area contributed by atoms with Gasteiger partial charge in [-0.05, 0) is 30.9 Å². The third-order valence-corrected chi connectivity index (χ3v) is 3.68. The third-order valence-electron chi connectivity index (χ3n) is 3.68. The van der Waals surface area contributed by atoms with Crippen molar-refractivity contribution in [2.75, 3.05) is 20.2 Å². The zero-order chi connectivity index (χ0) is 15.4. The van der Waals surface area contributed by atoms with Crippen molar-refractivity contribution in [3.05, 3.63) is 29.6 Å². The number of hydrogen-bond acceptors (Lipinski definition) is 3. The summed E-state index contributed by atoms with van der Waals surface area (Å²) >= 11 is 0. The number of carbonyl (C=O) groups excluding carboxylic acids is 1. The van der Waals surface area contributed by atoms with Crippen molar-refractivity contribution in [1.82, 2.24) is 4.90 Å². The van der Waals surface area contributed by atoms with Crippen molar-refractivity contribution < 1.29 is 23.8 Å². The molecule has 0 aromatic heterocycles. The zero-order valence-corrected chi connectivity index (χ0v) is 11.8. The van der Waals surface area contributed by atoms with Crippen molar-refractivity contribution >= 4 is 11.9 Å². The van der Waals surface area contributed by atoms with Gasteiger partial charge in [0.15, 0.2) is 0 Å². The largest absolute Gasteiger partial charge is 0.497 e. The molecule has 0 saturated carbocycles. The second-order valence-corrected chi connectivity index (χ2v) is 5.20. The molecule has 1 aliphatic rings. The van der Waals surface area contributed by atoms with Gasteiger partial charge >= 0.3 is 5.97 Å². The molecule has 21 heavy (non-hydrogen) atoms. The van der Waals surface area contributed by atoms with Gasteiger partial charge < -0.3 is 14.7 Å². The van der Waals surface area contributed by atoms with Crippen LogP contribution in [0.2, 0.25) is 0 Å². The third kappa shape index (κ3) is 3.71. The quantitative estimate of drug-likeness (QED) is 0.924. The number of piperidine rings is 1. The van der Waals surface area contributed by atoms with Crippen molar-refractivity contribution in [1.29, 1.82) is 0 Å². The molecule has 1 atom stereocenters. The van der Waals surface area contributed by atoms with Crippen molar-refractivity contribution in [3.63, 3.8) is 0 Å². The lowest BCUT2D eigenvalue weighted by Crippen LogP contribution is -2.40. The summed E-state index contributed by atoms with van der Waals surface area (Å²) in [6, 6.07) is 4.11. The van der Waals surface area contributed by atoms with Crippen molar-refractivity contribution in [3.8, 4) is 5.75 Å². The number of benzene rings is 1. The second kappa shape index (κ2) is 6.56. The minimum Gasteiger partial charge on any atom is -0.497 e. The molecule has 0 bridgehead atoms. The van der Waals surface area contributed by atoms with Crippen LogP contribution in [-0.4, -0.2) is 42.1 Å². The molecule has 2 rings (SSSR count). The Labute approximate surface area is 122 Å². The summed E-state index contributed by atoms with van der Waals surface area (Å²) < 4.78 is 18.8. The molecule has 1 aromatic rings. The maximum Gasteiger partial charge on any atom is 0.303 e. The van der Waals surface area contributed by atoms with Gasteiger partial charge in [-0.2, -0.15) is 0 Å². The van der Waals surface area contributed by atoms with Crippen LogP contribution in [0.4, 0.5) is 4.39 Å². The summed E-state index contributed by atoms with van der Waals surface area (Å²) in [7, 11) is 1.43. The Morgan fingerprint density at radius 2 is 2.24 bits per heavy atom. The second-order valence-electron chi connectivity index (χ2n) is 5.20. The lowest BCUT2D eigenvalue weighted by molar-refractivity contribution is -0.138. The minimum absolute atomic E-state index is 0.00762. The zero-order valence-electron chi connectivity index (χ0n) is 11.8. The molecular formula is C15H18FNO4. The number of amides is 1. The van der Waals surface area contributed by atoms with E-state index in [9.17, 15) is 14.0 Å². The van der Waals surface area contributed by atoms with Crippen LogP contribution in [0.1, 0.15) is 29.6 Å². The molecule has 114 valence electrons. The first-order valence-corrected chi connectivity index (χ1v) is 6.86. The number of carbonyl (C=O) groups is 2. The summed E-state index contributed by atoms with van der Waals surface area (Å²) in [5.41, 5.74) is -0.00762. The fourth-order valence-electron chi connectivity index (χ4n) is 2.63. The molecule has 1 amide bonds. The van der Waals surface area contributed by atoms with E-state index in [2.05, 4.69) is 0 Å². The lowest BCUT2D eigenvalue weighted by atomic mass is 9.94. The van der Waals surface area contributed by atoms with Gasteiger partial charge in [-0.25, -0.2) is 4.39 Å². The maximum absolute atomic E-state index is 13.9. The highest BCUT2D eigenvalue weighted by Gasteiger charge is 2.27. The number of hydrogen-bond donors (Lipinski definition) is 1. The summed E-state index contributed by atoms with van der Waals surface area (Å²) in [6.45, 7) is 0.886. The number of rotatable bonds is 4. The van der Waals surface area contributed by atoms with Gasteiger partial charge in [-0.15, -0.1) is 0 Å². The molecule has 1 heterocycles. The van der Waals surface area contributed by atoms with Crippen LogP contribution in [0.3, 0.4) is 0 Å². The fourth-order valence-corrected chi connectivity index (χ4v) is 2.63. The Bertz CT molecular complexity index is 546. The Balaban J connectivity index is 2.10. The van der Waals surface area contributed by atoms with E-state index in [4.69, 9.17) is 9.84 Å². The van der Waals surface area contributed by atoms with Crippen LogP contribution < -0.4 is 4.74 Å².